The SMILES string of the molecule is CC1CN(C(=O)OC(C)(C)C)CC(C)N1C=O. The Labute approximate surface area is 103 Å². The summed E-state index contributed by atoms with van der Waals surface area (Å²) in [5.74, 6) is 0. The van der Waals surface area contributed by atoms with Crippen molar-refractivity contribution in [1.82, 2.24) is 9.80 Å². The Balaban J connectivity index is 2.63. The van der Waals surface area contributed by atoms with E-state index >= 15 is 0 Å². The van der Waals surface area contributed by atoms with E-state index in [0.29, 0.717) is 13.1 Å². The molecule has 17 heavy (non-hydrogen) atoms. The standard InChI is InChI=1S/C12H22N2O3/c1-9-6-13(7-10(2)14(9)8-15)11(16)17-12(3,4)5/h8-10H,6-7H2,1-5H3. The van der Waals surface area contributed by atoms with Gasteiger partial charge in [0.25, 0.3) is 0 Å². The molecule has 0 aromatic heterocycles. The van der Waals surface area contributed by atoms with Crippen LogP contribution in [0.2, 0.25) is 0 Å². The maximum absolute atomic E-state index is 11.9. The van der Waals surface area contributed by atoms with E-state index in [1.165, 1.54) is 0 Å². The fourth-order valence-corrected chi connectivity index (χ4v) is 2.02. The molecule has 1 heterocycles. The van der Waals surface area contributed by atoms with Gasteiger partial charge in [0.15, 0.2) is 0 Å². The number of ether oxygens (including phenoxy) is 1. The predicted octanol–water partition coefficient (Wildman–Crippen LogP) is 1.47. The van der Waals surface area contributed by atoms with E-state index in [2.05, 4.69) is 0 Å². The Morgan fingerprint density at radius 1 is 1.24 bits per heavy atom. The molecule has 5 nitrogen and oxygen atoms in total. The first-order valence-corrected chi connectivity index (χ1v) is 5.95. The van der Waals surface area contributed by atoms with Crippen molar-refractivity contribution in [2.75, 3.05) is 13.1 Å². The van der Waals surface area contributed by atoms with Crippen LogP contribution in [-0.4, -0.2) is 53.1 Å². The molecule has 0 aliphatic carbocycles. The summed E-state index contributed by atoms with van der Waals surface area (Å²) >= 11 is 0. The quantitative estimate of drug-likeness (QED) is 0.654. The Bertz CT molecular complexity index is 287. The molecule has 0 radical (unpaired) electrons. The highest BCUT2D eigenvalue weighted by molar-refractivity contribution is 5.68. The second kappa shape index (κ2) is 4.94. The molecule has 1 aliphatic rings. The lowest BCUT2D eigenvalue weighted by Crippen LogP contribution is -2.58. The minimum absolute atomic E-state index is 0.0313. The summed E-state index contributed by atoms with van der Waals surface area (Å²) in [6.07, 6.45) is 0.545. The number of hydrogen-bond donors (Lipinski definition) is 0. The van der Waals surface area contributed by atoms with E-state index < -0.39 is 5.60 Å². The minimum Gasteiger partial charge on any atom is -0.444 e. The van der Waals surface area contributed by atoms with Crippen molar-refractivity contribution in [3.63, 3.8) is 0 Å². The van der Waals surface area contributed by atoms with Crippen LogP contribution in [0.1, 0.15) is 34.6 Å². The number of hydrogen-bond acceptors (Lipinski definition) is 3. The Morgan fingerprint density at radius 3 is 2.06 bits per heavy atom. The molecule has 0 aromatic rings. The number of nitrogens with zero attached hydrogens (tertiary/aromatic N) is 2. The third-order valence-electron chi connectivity index (χ3n) is 2.76. The van der Waals surface area contributed by atoms with Crippen molar-refractivity contribution in [1.29, 1.82) is 0 Å². The van der Waals surface area contributed by atoms with Crippen LogP contribution in [0.25, 0.3) is 0 Å². The van der Waals surface area contributed by atoms with Crippen molar-refractivity contribution in [3.05, 3.63) is 0 Å². The summed E-state index contributed by atoms with van der Waals surface area (Å²) in [5, 5.41) is 0. The lowest BCUT2D eigenvalue weighted by Gasteiger charge is -2.42. The van der Waals surface area contributed by atoms with E-state index in [4.69, 9.17) is 4.74 Å². The zero-order chi connectivity index (χ0) is 13.2. The molecule has 1 fully saturated rings. The van der Waals surface area contributed by atoms with E-state index in [9.17, 15) is 9.59 Å². The summed E-state index contributed by atoms with van der Waals surface area (Å²) < 4.78 is 5.32. The maximum atomic E-state index is 11.9. The average molecular weight is 242 g/mol. The van der Waals surface area contributed by atoms with Gasteiger partial charge in [-0.2, -0.15) is 0 Å². The van der Waals surface area contributed by atoms with Gasteiger partial charge in [0, 0.05) is 25.2 Å². The van der Waals surface area contributed by atoms with E-state index in [-0.39, 0.29) is 18.2 Å². The van der Waals surface area contributed by atoms with Gasteiger partial charge in [0.2, 0.25) is 6.41 Å². The maximum Gasteiger partial charge on any atom is 0.410 e. The highest BCUT2D eigenvalue weighted by Crippen LogP contribution is 2.17. The van der Waals surface area contributed by atoms with Crippen molar-refractivity contribution in [2.24, 2.45) is 0 Å². The van der Waals surface area contributed by atoms with Crippen LogP contribution in [0.4, 0.5) is 4.79 Å². The van der Waals surface area contributed by atoms with Crippen LogP contribution in [-0.2, 0) is 9.53 Å². The number of rotatable bonds is 1. The van der Waals surface area contributed by atoms with Gasteiger partial charge in [0.1, 0.15) is 5.60 Å². The van der Waals surface area contributed by atoms with E-state index in [1.54, 1.807) is 9.80 Å². The van der Waals surface area contributed by atoms with Crippen molar-refractivity contribution < 1.29 is 14.3 Å². The first-order chi connectivity index (χ1) is 7.74. The first-order valence-electron chi connectivity index (χ1n) is 5.95. The third kappa shape index (κ3) is 3.61. The fraction of sp³-hybridized carbons (Fsp3) is 0.833. The molecule has 0 N–H and O–H groups in total. The highest BCUT2D eigenvalue weighted by atomic mass is 16.6. The Morgan fingerprint density at radius 2 is 1.71 bits per heavy atom. The smallest absolute Gasteiger partial charge is 0.410 e. The lowest BCUT2D eigenvalue weighted by molar-refractivity contribution is -0.125. The minimum atomic E-state index is -0.481. The van der Waals surface area contributed by atoms with Crippen molar-refractivity contribution in [3.8, 4) is 0 Å². The lowest BCUT2D eigenvalue weighted by atomic mass is 10.1. The van der Waals surface area contributed by atoms with Crippen LogP contribution < -0.4 is 0 Å². The van der Waals surface area contributed by atoms with Crippen LogP contribution in [0.5, 0.6) is 0 Å². The summed E-state index contributed by atoms with van der Waals surface area (Å²) in [6, 6.07) is 0.0625. The molecule has 1 rings (SSSR count). The summed E-state index contributed by atoms with van der Waals surface area (Å²) in [5.41, 5.74) is -0.481. The van der Waals surface area contributed by atoms with Gasteiger partial charge in [-0.05, 0) is 34.6 Å². The Kier molecular flexibility index (Phi) is 4.01. The van der Waals surface area contributed by atoms with E-state index in [1.807, 2.05) is 34.6 Å². The second-order valence-corrected chi connectivity index (χ2v) is 5.64. The van der Waals surface area contributed by atoms with Gasteiger partial charge in [0.05, 0.1) is 0 Å². The van der Waals surface area contributed by atoms with Crippen LogP contribution >= 0.6 is 0 Å². The molecule has 1 saturated heterocycles. The largest absolute Gasteiger partial charge is 0.444 e. The summed E-state index contributed by atoms with van der Waals surface area (Å²) in [6.45, 7) is 10.5. The third-order valence-corrected chi connectivity index (χ3v) is 2.76. The average Bonchev–Trinajstić information content (AvgIpc) is 2.14. The van der Waals surface area contributed by atoms with Gasteiger partial charge < -0.3 is 14.5 Å². The van der Waals surface area contributed by atoms with Gasteiger partial charge in [-0.3, -0.25) is 4.79 Å². The molecular formula is C12H22N2O3. The zero-order valence-electron chi connectivity index (χ0n) is 11.3. The van der Waals surface area contributed by atoms with Crippen molar-refractivity contribution in [2.45, 2.75) is 52.3 Å². The summed E-state index contributed by atoms with van der Waals surface area (Å²) in [7, 11) is 0. The zero-order valence-corrected chi connectivity index (χ0v) is 11.3. The first kappa shape index (κ1) is 13.8. The molecular weight excluding hydrogens is 220 g/mol. The molecule has 0 saturated carbocycles. The number of carbonyl (C=O) groups is 2. The molecule has 2 atom stereocenters. The Hall–Kier alpha value is -1.26. The monoisotopic (exact) mass is 242 g/mol. The van der Waals surface area contributed by atoms with Gasteiger partial charge in [-0.1, -0.05) is 0 Å². The molecule has 98 valence electrons. The summed E-state index contributed by atoms with van der Waals surface area (Å²) in [4.78, 5) is 26.2. The highest BCUT2D eigenvalue weighted by Gasteiger charge is 2.32. The van der Waals surface area contributed by atoms with Gasteiger partial charge >= 0.3 is 6.09 Å². The molecule has 2 unspecified atom stereocenters. The number of carbonyl (C=O) groups excluding carboxylic acids is 2. The van der Waals surface area contributed by atoms with Gasteiger partial charge in [-0.25, -0.2) is 4.79 Å². The molecule has 0 aromatic carbocycles. The fourth-order valence-electron chi connectivity index (χ4n) is 2.02. The molecule has 0 bridgehead atoms. The van der Waals surface area contributed by atoms with E-state index in [0.717, 1.165) is 6.41 Å². The van der Waals surface area contributed by atoms with Crippen LogP contribution in [0.3, 0.4) is 0 Å². The topological polar surface area (TPSA) is 49.9 Å². The van der Waals surface area contributed by atoms with Crippen molar-refractivity contribution >= 4 is 12.5 Å². The molecule has 0 spiro atoms. The van der Waals surface area contributed by atoms with Gasteiger partial charge in [-0.15, -0.1) is 0 Å². The molecule has 2 amide bonds. The molecule has 5 heteroatoms. The predicted molar refractivity (Wildman–Crippen MR) is 64.6 cm³/mol. The molecule has 1 aliphatic heterocycles. The van der Waals surface area contributed by atoms with Crippen LogP contribution in [0, 0.1) is 0 Å². The number of amides is 2. The van der Waals surface area contributed by atoms with Crippen LogP contribution in [0.15, 0.2) is 0 Å². The second-order valence-electron chi connectivity index (χ2n) is 5.64. The number of piperazine rings is 1. The normalized spacial score (nSPS) is 25.7.